The largest absolute Gasteiger partial charge is 0.465 e. The molecule has 0 fully saturated rings. The van der Waals surface area contributed by atoms with Gasteiger partial charge in [-0.2, -0.15) is 13.2 Å². The first-order valence-electron chi connectivity index (χ1n) is 4.75. The van der Waals surface area contributed by atoms with Crippen molar-refractivity contribution in [3.05, 3.63) is 0 Å². The fraction of sp³-hybridized carbons (Fsp3) is 0.889. The SMILES string of the molecule is CCOC(=O)C(CC)N(C)CC(F)(F)F. The van der Waals surface area contributed by atoms with Gasteiger partial charge in [-0.3, -0.25) is 9.69 Å². The second-order valence-electron chi connectivity index (χ2n) is 3.21. The van der Waals surface area contributed by atoms with Crippen molar-refractivity contribution in [2.75, 3.05) is 20.2 Å². The smallest absolute Gasteiger partial charge is 0.401 e. The number of rotatable bonds is 5. The highest BCUT2D eigenvalue weighted by molar-refractivity contribution is 5.75. The zero-order valence-electron chi connectivity index (χ0n) is 9.10. The molecule has 0 amide bonds. The van der Waals surface area contributed by atoms with E-state index in [-0.39, 0.29) is 6.61 Å². The van der Waals surface area contributed by atoms with Crippen LogP contribution in [0.4, 0.5) is 13.2 Å². The van der Waals surface area contributed by atoms with Crippen LogP contribution in [0.25, 0.3) is 0 Å². The lowest BCUT2D eigenvalue weighted by molar-refractivity contribution is -0.162. The lowest BCUT2D eigenvalue weighted by Gasteiger charge is -2.25. The van der Waals surface area contributed by atoms with E-state index >= 15 is 0 Å². The van der Waals surface area contributed by atoms with Crippen molar-refractivity contribution >= 4 is 5.97 Å². The average Bonchev–Trinajstić information content (AvgIpc) is 2.02. The molecule has 0 aromatic rings. The van der Waals surface area contributed by atoms with E-state index in [1.807, 2.05) is 0 Å². The van der Waals surface area contributed by atoms with E-state index in [4.69, 9.17) is 0 Å². The highest BCUT2D eigenvalue weighted by atomic mass is 19.4. The molecule has 0 saturated heterocycles. The first-order valence-corrected chi connectivity index (χ1v) is 4.75. The summed E-state index contributed by atoms with van der Waals surface area (Å²) in [6.45, 7) is 2.34. The van der Waals surface area contributed by atoms with Gasteiger partial charge in [0.05, 0.1) is 13.2 Å². The van der Waals surface area contributed by atoms with Crippen LogP contribution in [-0.4, -0.2) is 43.3 Å². The summed E-state index contributed by atoms with van der Waals surface area (Å²) >= 11 is 0. The van der Waals surface area contributed by atoms with Crippen molar-refractivity contribution in [1.29, 1.82) is 0 Å². The van der Waals surface area contributed by atoms with Crippen LogP contribution in [-0.2, 0) is 9.53 Å². The van der Waals surface area contributed by atoms with Crippen molar-refractivity contribution in [3.8, 4) is 0 Å². The Bertz CT molecular complexity index is 206. The average molecular weight is 227 g/mol. The molecule has 0 aromatic heterocycles. The second kappa shape index (κ2) is 5.95. The molecule has 0 N–H and O–H groups in total. The van der Waals surface area contributed by atoms with Gasteiger partial charge in [0.15, 0.2) is 0 Å². The minimum absolute atomic E-state index is 0.176. The van der Waals surface area contributed by atoms with Crippen LogP contribution in [0.15, 0.2) is 0 Å². The van der Waals surface area contributed by atoms with Crippen LogP contribution < -0.4 is 0 Å². The Morgan fingerprint density at radius 2 is 1.93 bits per heavy atom. The maximum Gasteiger partial charge on any atom is 0.401 e. The number of nitrogens with zero attached hydrogens (tertiary/aromatic N) is 1. The number of ether oxygens (including phenoxy) is 1. The summed E-state index contributed by atoms with van der Waals surface area (Å²) in [5.41, 5.74) is 0. The molecule has 0 heterocycles. The van der Waals surface area contributed by atoms with E-state index in [2.05, 4.69) is 4.74 Å². The van der Waals surface area contributed by atoms with Crippen molar-refractivity contribution in [1.82, 2.24) is 4.90 Å². The maximum absolute atomic E-state index is 12.1. The van der Waals surface area contributed by atoms with Crippen LogP contribution in [0.3, 0.4) is 0 Å². The minimum Gasteiger partial charge on any atom is -0.465 e. The van der Waals surface area contributed by atoms with Crippen LogP contribution >= 0.6 is 0 Å². The van der Waals surface area contributed by atoms with Gasteiger partial charge in [0, 0.05) is 0 Å². The summed E-state index contributed by atoms with van der Waals surface area (Å²) in [5.74, 6) is -0.605. The Morgan fingerprint density at radius 3 is 2.27 bits per heavy atom. The molecule has 0 aliphatic rings. The number of alkyl halides is 3. The molecule has 0 bridgehead atoms. The summed E-state index contributed by atoms with van der Waals surface area (Å²) in [6, 6.07) is -0.827. The normalized spacial score (nSPS) is 14.1. The number of carbonyl (C=O) groups is 1. The predicted molar refractivity (Wildman–Crippen MR) is 49.4 cm³/mol. The number of halogens is 3. The molecule has 6 heteroatoms. The molecule has 1 atom stereocenters. The standard InChI is InChI=1S/C9H16F3NO2/c1-4-7(8(14)15-5-2)13(3)6-9(10,11)12/h7H,4-6H2,1-3H3. The third-order valence-corrected chi connectivity index (χ3v) is 1.91. The fourth-order valence-corrected chi connectivity index (χ4v) is 1.29. The van der Waals surface area contributed by atoms with Crippen molar-refractivity contribution < 1.29 is 22.7 Å². The Hall–Kier alpha value is -0.780. The van der Waals surface area contributed by atoms with Gasteiger partial charge in [-0.05, 0) is 20.4 Å². The number of likely N-dealkylation sites (N-methyl/N-ethyl adjacent to an activating group) is 1. The number of hydrogen-bond acceptors (Lipinski definition) is 3. The fourth-order valence-electron chi connectivity index (χ4n) is 1.29. The highest BCUT2D eigenvalue weighted by Gasteiger charge is 2.34. The van der Waals surface area contributed by atoms with Crippen molar-refractivity contribution in [3.63, 3.8) is 0 Å². The third-order valence-electron chi connectivity index (χ3n) is 1.91. The van der Waals surface area contributed by atoms with E-state index in [1.54, 1.807) is 13.8 Å². The van der Waals surface area contributed by atoms with Crippen LogP contribution in [0.2, 0.25) is 0 Å². The van der Waals surface area contributed by atoms with Crippen molar-refractivity contribution in [2.24, 2.45) is 0 Å². The van der Waals surface area contributed by atoms with Crippen molar-refractivity contribution in [2.45, 2.75) is 32.5 Å². The summed E-state index contributed by atoms with van der Waals surface area (Å²) in [6.07, 6.45) is -4.00. The topological polar surface area (TPSA) is 29.5 Å². The minimum atomic E-state index is -4.30. The highest BCUT2D eigenvalue weighted by Crippen LogP contribution is 2.18. The third kappa shape index (κ3) is 5.61. The predicted octanol–water partition coefficient (Wildman–Crippen LogP) is 1.82. The van der Waals surface area contributed by atoms with Crippen LogP contribution in [0.1, 0.15) is 20.3 Å². The van der Waals surface area contributed by atoms with E-state index in [0.29, 0.717) is 6.42 Å². The number of esters is 1. The molecule has 0 saturated carbocycles. The molecule has 0 aliphatic heterocycles. The summed E-state index contributed by atoms with van der Waals surface area (Å²) in [5, 5.41) is 0. The van der Waals surface area contributed by atoms with Gasteiger partial charge in [0.2, 0.25) is 0 Å². The Morgan fingerprint density at radius 1 is 1.40 bits per heavy atom. The molecule has 3 nitrogen and oxygen atoms in total. The monoisotopic (exact) mass is 227 g/mol. The Balaban J connectivity index is 4.34. The molecule has 0 radical (unpaired) electrons. The van der Waals surface area contributed by atoms with Gasteiger partial charge in [-0.25, -0.2) is 0 Å². The van der Waals surface area contributed by atoms with Gasteiger partial charge in [-0.15, -0.1) is 0 Å². The van der Waals surface area contributed by atoms with E-state index in [1.165, 1.54) is 7.05 Å². The molecule has 1 unspecified atom stereocenters. The Kier molecular flexibility index (Phi) is 5.64. The van der Waals surface area contributed by atoms with E-state index in [0.717, 1.165) is 4.90 Å². The van der Waals surface area contributed by atoms with Gasteiger partial charge < -0.3 is 4.74 Å². The molecular weight excluding hydrogens is 211 g/mol. The Labute approximate surface area is 87.2 Å². The summed E-state index contributed by atoms with van der Waals surface area (Å²) in [7, 11) is 1.26. The molecule has 0 spiro atoms. The molecule has 0 aliphatic carbocycles. The van der Waals surface area contributed by atoms with E-state index < -0.39 is 24.7 Å². The number of hydrogen-bond donors (Lipinski definition) is 0. The molecular formula is C9H16F3NO2. The first-order chi connectivity index (χ1) is 6.81. The van der Waals surface area contributed by atoms with Crippen LogP contribution in [0, 0.1) is 0 Å². The molecule has 0 aromatic carbocycles. The van der Waals surface area contributed by atoms with E-state index in [9.17, 15) is 18.0 Å². The summed E-state index contributed by atoms with van der Waals surface area (Å²) in [4.78, 5) is 12.2. The lowest BCUT2D eigenvalue weighted by Crippen LogP contribution is -2.43. The zero-order valence-corrected chi connectivity index (χ0v) is 9.10. The first kappa shape index (κ1) is 14.2. The van der Waals surface area contributed by atoms with Gasteiger partial charge in [0.25, 0.3) is 0 Å². The van der Waals surface area contributed by atoms with Gasteiger partial charge >= 0.3 is 12.1 Å². The molecule has 90 valence electrons. The maximum atomic E-state index is 12.1. The van der Waals surface area contributed by atoms with Gasteiger partial charge in [0.1, 0.15) is 6.04 Å². The van der Waals surface area contributed by atoms with Crippen LogP contribution in [0.5, 0.6) is 0 Å². The number of carbonyl (C=O) groups excluding carboxylic acids is 1. The molecule has 15 heavy (non-hydrogen) atoms. The molecule has 0 rings (SSSR count). The second-order valence-corrected chi connectivity index (χ2v) is 3.21. The van der Waals surface area contributed by atoms with Gasteiger partial charge in [-0.1, -0.05) is 6.92 Å². The quantitative estimate of drug-likeness (QED) is 0.671. The lowest BCUT2D eigenvalue weighted by atomic mass is 10.2. The zero-order chi connectivity index (χ0) is 12.1. The summed E-state index contributed by atoms with van der Waals surface area (Å²) < 4.78 is 40.9.